The van der Waals surface area contributed by atoms with Gasteiger partial charge in [-0.15, -0.1) is 0 Å². The average Bonchev–Trinajstić information content (AvgIpc) is 2.81. The quantitative estimate of drug-likeness (QED) is 0.592. The van der Waals surface area contributed by atoms with Crippen LogP contribution in [0, 0.1) is 23.0 Å². The van der Waals surface area contributed by atoms with Gasteiger partial charge < -0.3 is 15.5 Å². The highest BCUT2D eigenvalue weighted by Crippen LogP contribution is 2.17. The van der Waals surface area contributed by atoms with Crippen LogP contribution in [0.15, 0.2) is 41.3 Å². The van der Waals surface area contributed by atoms with Crippen molar-refractivity contribution in [3.63, 3.8) is 0 Å². The predicted molar refractivity (Wildman–Crippen MR) is 123 cm³/mol. The zero-order valence-electron chi connectivity index (χ0n) is 18.4. The topological polar surface area (TPSA) is 137 Å². The lowest BCUT2D eigenvalue weighted by atomic mass is 10.0. The molecule has 0 aromatic heterocycles. The fourth-order valence-corrected chi connectivity index (χ4v) is 4.65. The van der Waals surface area contributed by atoms with Gasteiger partial charge in [-0.2, -0.15) is 5.26 Å². The van der Waals surface area contributed by atoms with Crippen molar-refractivity contribution in [1.29, 1.82) is 5.26 Å². The number of nitrogens with two attached hydrogens (primary N) is 1. The van der Waals surface area contributed by atoms with E-state index >= 15 is 0 Å². The van der Waals surface area contributed by atoms with Gasteiger partial charge in [0, 0.05) is 43.7 Å². The molecule has 1 fully saturated rings. The Kier molecular flexibility index (Phi) is 8.26. The highest BCUT2D eigenvalue weighted by molar-refractivity contribution is 7.90. The van der Waals surface area contributed by atoms with Crippen molar-refractivity contribution in [2.45, 2.75) is 23.8 Å². The molecule has 1 aliphatic heterocycles. The van der Waals surface area contributed by atoms with Crippen molar-refractivity contribution >= 4 is 33.6 Å². The first-order valence-electron chi connectivity index (χ1n) is 10.5. The summed E-state index contributed by atoms with van der Waals surface area (Å²) in [6, 6.07) is 6.95. The third-order valence-corrected chi connectivity index (χ3v) is 7.03. The minimum absolute atomic E-state index is 0.0369. The predicted octanol–water partition coefficient (Wildman–Crippen LogP) is 1.99. The minimum Gasteiger partial charge on any atom is -0.339 e. The lowest BCUT2D eigenvalue weighted by Gasteiger charge is -2.35. The van der Waals surface area contributed by atoms with Crippen LogP contribution >= 0.6 is 11.6 Å². The molecule has 2 aromatic carbocycles. The fraction of sp³-hybridized carbons (Fsp3) is 0.318. The average molecular weight is 526 g/mol. The summed E-state index contributed by atoms with van der Waals surface area (Å²) in [5.41, 5.74) is 5.51. The van der Waals surface area contributed by atoms with Gasteiger partial charge in [0.05, 0.1) is 10.5 Å². The number of carbonyl (C=O) groups is 2. The molecule has 3 N–H and O–H groups in total. The second kappa shape index (κ2) is 11.0. The molecule has 2 aromatic rings. The van der Waals surface area contributed by atoms with E-state index in [2.05, 4.69) is 0 Å². The zero-order chi connectivity index (χ0) is 25.8. The van der Waals surface area contributed by atoms with E-state index in [1.807, 2.05) is 4.72 Å². The third-order valence-electron chi connectivity index (χ3n) is 5.44. The van der Waals surface area contributed by atoms with Crippen LogP contribution in [0.5, 0.6) is 0 Å². The number of piperazine rings is 1. The first-order chi connectivity index (χ1) is 16.5. The maximum Gasteiger partial charge on any atom is 0.331 e. The van der Waals surface area contributed by atoms with Gasteiger partial charge in [-0.3, -0.25) is 4.79 Å². The summed E-state index contributed by atoms with van der Waals surface area (Å²) in [7, 11) is -4.08. The number of amides is 3. The Hall–Kier alpha value is -3.27. The Morgan fingerprint density at radius 2 is 1.69 bits per heavy atom. The molecule has 3 amide bonds. The molecular weight excluding hydrogens is 504 g/mol. The molecule has 1 aliphatic rings. The molecule has 9 nitrogen and oxygen atoms in total. The molecule has 0 unspecified atom stereocenters. The number of urea groups is 1. The maximum atomic E-state index is 14.1. The van der Waals surface area contributed by atoms with Crippen molar-refractivity contribution in [3.05, 3.63) is 64.2 Å². The molecule has 0 aliphatic carbocycles. The van der Waals surface area contributed by atoms with Crippen molar-refractivity contribution < 1.29 is 26.8 Å². The summed E-state index contributed by atoms with van der Waals surface area (Å²) < 4.78 is 54.6. The molecular formula is C22H22ClF2N5O4S. The van der Waals surface area contributed by atoms with Gasteiger partial charge in [0.1, 0.15) is 17.7 Å². The van der Waals surface area contributed by atoms with E-state index < -0.39 is 39.3 Å². The van der Waals surface area contributed by atoms with Gasteiger partial charge in [0.25, 0.3) is 10.0 Å². The van der Waals surface area contributed by atoms with E-state index in [0.29, 0.717) is 5.02 Å². The second-order valence-electron chi connectivity index (χ2n) is 7.94. The first kappa shape index (κ1) is 26.3. The highest BCUT2D eigenvalue weighted by Gasteiger charge is 2.28. The molecule has 0 spiro atoms. The van der Waals surface area contributed by atoms with E-state index in [1.165, 1.54) is 34.1 Å². The number of hydrogen-bond donors (Lipinski definition) is 2. The summed E-state index contributed by atoms with van der Waals surface area (Å²) in [5.74, 6) is -1.98. The summed E-state index contributed by atoms with van der Waals surface area (Å²) in [6.07, 6.45) is -0.247. The van der Waals surface area contributed by atoms with Crippen LogP contribution in [0.2, 0.25) is 5.02 Å². The van der Waals surface area contributed by atoms with Crippen LogP contribution in [-0.4, -0.2) is 62.4 Å². The van der Waals surface area contributed by atoms with Crippen molar-refractivity contribution in [3.8, 4) is 6.07 Å². The van der Waals surface area contributed by atoms with Gasteiger partial charge in [-0.05, 0) is 48.4 Å². The second-order valence-corrected chi connectivity index (χ2v) is 10.1. The van der Waals surface area contributed by atoms with E-state index in [9.17, 15) is 26.8 Å². The molecule has 186 valence electrons. The number of carbonyl (C=O) groups excluding carboxylic acids is 2. The van der Waals surface area contributed by atoms with Crippen LogP contribution in [0.4, 0.5) is 13.6 Å². The van der Waals surface area contributed by atoms with Crippen LogP contribution in [0.1, 0.15) is 17.5 Å². The molecule has 1 atom stereocenters. The van der Waals surface area contributed by atoms with E-state index in [4.69, 9.17) is 22.6 Å². The SMILES string of the molecule is N#Cc1cc(F)c(C[C@@H](N)CC(=O)N2CCN(C(=O)NS(=O)(=O)c3ccc(Cl)cc3)CC2)cc1F. The van der Waals surface area contributed by atoms with E-state index in [1.54, 1.807) is 6.07 Å². The number of halogens is 3. The molecule has 0 saturated carbocycles. The van der Waals surface area contributed by atoms with Crippen LogP contribution < -0.4 is 10.5 Å². The number of benzene rings is 2. The molecule has 35 heavy (non-hydrogen) atoms. The third kappa shape index (κ3) is 6.66. The Morgan fingerprint density at radius 3 is 2.29 bits per heavy atom. The lowest BCUT2D eigenvalue weighted by Crippen LogP contribution is -2.54. The first-order valence-corrected chi connectivity index (χ1v) is 12.3. The van der Waals surface area contributed by atoms with E-state index in [0.717, 1.165) is 12.1 Å². The number of sulfonamides is 1. The summed E-state index contributed by atoms with van der Waals surface area (Å²) in [4.78, 5) is 27.6. The Bertz CT molecular complexity index is 1260. The highest BCUT2D eigenvalue weighted by atomic mass is 35.5. The normalized spacial score (nSPS) is 14.8. The van der Waals surface area contributed by atoms with Crippen molar-refractivity contribution in [1.82, 2.24) is 14.5 Å². The zero-order valence-corrected chi connectivity index (χ0v) is 20.0. The summed E-state index contributed by atoms with van der Waals surface area (Å²) in [6.45, 7) is 0.496. The minimum atomic E-state index is -4.08. The van der Waals surface area contributed by atoms with Gasteiger partial charge in [-0.1, -0.05) is 11.6 Å². The standard InChI is InChI=1S/C22H22ClF2N5O4S/c23-16-1-3-18(4-2-16)35(33,34)28-22(32)30-7-5-29(6-8-30)21(31)12-17(27)9-14-10-20(25)15(13-26)11-19(14)24/h1-4,10-11,17H,5-9,12,27H2,(H,28,32)/t17-/m1/s1. The monoisotopic (exact) mass is 525 g/mol. The van der Waals surface area contributed by atoms with Crippen LogP contribution in [0.3, 0.4) is 0 Å². The Balaban J connectivity index is 1.50. The molecule has 3 rings (SSSR count). The molecule has 13 heteroatoms. The maximum absolute atomic E-state index is 14.1. The van der Waals surface area contributed by atoms with Gasteiger partial charge in [-0.25, -0.2) is 26.7 Å². The van der Waals surface area contributed by atoms with Gasteiger partial charge >= 0.3 is 6.03 Å². The summed E-state index contributed by atoms with van der Waals surface area (Å²) >= 11 is 5.75. The number of nitrogens with zero attached hydrogens (tertiary/aromatic N) is 3. The summed E-state index contributed by atoms with van der Waals surface area (Å²) in [5, 5.41) is 9.11. The lowest BCUT2D eigenvalue weighted by molar-refractivity contribution is -0.132. The Labute approximate surface area is 206 Å². The van der Waals surface area contributed by atoms with Crippen molar-refractivity contribution in [2.75, 3.05) is 26.2 Å². The number of nitriles is 1. The van der Waals surface area contributed by atoms with Crippen LogP contribution in [-0.2, 0) is 21.2 Å². The number of nitrogens with one attached hydrogen (secondary N) is 1. The molecule has 1 heterocycles. The smallest absolute Gasteiger partial charge is 0.331 e. The van der Waals surface area contributed by atoms with E-state index in [-0.39, 0.29) is 55.4 Å². The Morgan fingerprint density at radius 1 is 1.09 bits per heavy atom. The molecule has 0 radical (unpaired) electrons. The molecule has 1 saturated heterocycles. The van der Waals surface area contributed by atoms with Gasteiger partial charge in [0.2, 0.25) is 5.91 Å². The molecule has 0 bridgehead atoms. The number of rotatable bonds is 6. The van der Waals surface area contributed by atoms with Gasteiger partial charge in [0.15, 0.2) is 0 Å². The largest absolute Gasteiger partial charge is 0.339 e. The fourth-order valence-electron chi connectivity index (χ4n) is 3.55. The number of hydrogen-bond acceptors (Lipinski definition) is 6. The van der Waals surface area contributed by atoms with Crippen LogP contribution in [0.25, 0.3) is 0 Å². The van der Waals surface area contributed by atoms with Crippen molar-refractivity contribution in [2.24, 2.45) is 5.73 Å².